The predicted molar refractivity (Wildman–Crippen MR) is 107 cm³/mol. The van der Waals surface area contributed by atoms with Gasteiger partial charge in [-0.2, -0.15) is 0 Å². The van der Waals surface area contributed by atoms with Crippen molar-refractivity contribution in [3.05, 3.63) is 29.3 Å². The lowest BCUT2D eigenvalue weighted by Gasteiger charge is -2.22. The molecule has 2 aliphatic rings. The van der Waals surface area contributed by atoms with Gasteiger partial charge >= 0.3 is 0 Å². The number of nitrogens with one attached hydrogen (secondary N) is 1. The quantitative estimate of drug-likeness (QED) is 0.722. The van der Waals surface area contributed by atoms with Crippen LogP contribution in [0.5, 0.6) is 0 Å². The fraction of sp³-hybridized carbons (Fsp3) is 0.650. The van der Waals surface area contributed by atoms with Crippen molar-refractivity contribution >= 4 is 21.6 Å². The molecule has 1 heterocycles. The number of sulfonamides is 1. The van der Waals surface area contributed by atoms with Crippen LogP contribution in [0, 0.1) is 0 Å². The summed E-state index contributed by atoms with van der Waals surface area (Å²) in [4.78, 5) is 12.4. The van der Waals surface area contributed by atoms with E-state index in [0.29, 0.717) is 36.9 Å². The molecule has 1 aliphatic heterocycles. The lowest BCUT2D eigenvalue weighted by Crippen LogP contribution is -2.34. The summed E-state index contributed by atoms with van der Waals surface area (Å²) in [6.07, 6.45) is 9.18. The molecule has 1 aliphatic carbocycles. The van der Waals surface area contributed by atoms with Gasteiger partial charge in [-0.05, 0) is 56.4 Å². The van der Waals surface area contributed by atoms with Gasteiger partial charge in [0.1, 0.15) is 0 Å². The van der Waals surface area contributed by atoms with Gasteiger partial charge in [-0.25, -0.2) is 8.42 Å². The second kappa shape index (κ2) is 8.61. The number of benzene rings is 1. The van der Waals surface area contributed by atoms with Gasteiger partial charge in [0.05, 0.1) is 18.0 Å². The van der Waals surface area contributed by atoms with E-state index in [1.54, 1.807) is 12.1 Å². The Kier molecular flexibility index (Phi) is 6.42. The maximum absolute atomic E-state index is 12.4. The molecule has 1 aromatic carbocycles. The van der Waals surface area contributed by atoms with E-state index >= 15 is 0 Å². The second-order valence-corrected chi connectivity index (χ2v) is 9.56. The first kappa shape index (κ1) is 20.1. The number of rotatable bonds is 7. The van der Waals surface area contributed by atoms with Crippen LogP contribution in [0.3, 0.4) is 0 Å². The molecule has 1 N–H and O–H groups in total. The Morgan fingerprint density at radius 2 is 2.00 bits per heavy atom. The van der Waals surface area contributed by atoms with Gasteiger partial charge in [-0.3, -0.25) is 9.10 Å². The van der Waals surface area contributed by atoms with E-state index in [4.69, 9.17) is 4.74 Å². The molecule has 1 atom stereocenters. The summed E-state index contributed by atoms with van der Waals surface area (Å²) in [6, 6.07) is 5.12. The minimum absolute atomic E-state index is 0.120. The number of nitrogens with zero attached hydrogens (tertiary/aromatic N) is 1. The molecule has 0 radical (unpaired) electrons. The maximum Gasteiger partial charge on any atom is 0.251 e. The summed E-state index contributed by atoms with van der Waals surface area (Å²) in [6.45, 7) is 3.14. The van der Waals surface area contributed by atoms with Crippen LogP contribution in [0.25, 0.3) is 0 Å². The molecule has 0 spiro atoms. The summed E-state index contributed by atoms with van der Waals surface area (Å²) >= 11 is 0. The second-order valence-electron chi connectivity index (χ2n) is 7.70. The molecule has 0 aromatic heterocycles. The van der Waals surface area contributed by atoms with Crippen LogP contribution in [0.4, 0.5) is 5.69 Å². The van der Waals surface area contributed by atoms with Gasteiger partial charge in [-0.1, -0.05) is 19.3 Å². The third kappa shape index (κ3) is 5.02. The molecule has 0 unspecified atom stereocenters. The summed E-state index contributed by atoms with van der Waals surface area (Å²) in [7, 11) is -3.31. The Balaban J connectivity index is 1.49. The smallest absolute Gasteiger partial charge is 0.251 e. The van der Waals surface area contributed by atoms with E-state index in [0.717, 1.165) is 24.8 Å². The minimum Gasteiger partial charge on any atom is -0.378 e. The average Bonchev–Trinajstić information content (AvgIpc) is 2.97. The molecule has 6 nitrogen and oxygen atoms in total. The molecule has 3 rings (SSSR count). The number of ether oxygens (including phenoxy) is 1. The zero-order valence-corrected chi connectivity index (χ0v) is 17.1. The van der Waals surface area contributed by atoms with Gasteiger partial charge in [0.2, 0.25) is 10.0 Å². The van der Waals surface area contributed by atoms with Gasteiger partial charge in [0, 0.05) is 24.8 Å². The number of carbonyl (C=O) groups excluding carboxylic acids is 1. The lowest BCUT2D eigenvalue weighted by molar-refractivity contribution is 0.0273. The highest BCUT2D eigenvalue weighted by molar-refractivity contribution is 7.92. The molecular weight excluding hydrogens is 364 g/mol. The van der Waals surface area contributed by atoms with E-state index < -0.39 is 10.0 Å². The summed E-state index contributed by atoms with van der Waals surface area (Å²) in [5, 5.41) is 2.93. The fourth-order valence-corrected chi connectivity index (χ4v) is 5.37. The van der Waals surface area contributed by atoms with Crippen LogP contribution in [0.15, 0.2) is 18.2 Å². The van der Waals surface area contributed by atoms with Crippen molar-refractivity contribution in [1.29, 1.82) is 0 Å². The molecule has 1 fully saturated rings. The Labute approximate surface area is 162 Å². The van der Waals surface area contributed by atoms with Crippen LogP contribution in [-0.2, 0) is 21.2 Å². The van der Waals surface area contributed by atoms with E-state index in [9.17, 15) is 13.2 Å². The zero-order valence-electron chi connectivity index (χ0n) is 16.2. The first-order valence-electron chi connectivity index (χ1n) is 9.88. The minimum atomic E-state index is -3.31. The maximum atomic E-state index is 12.4. The van der Waals surface area contributed by atoms with E-state index in [1.165, 1.54) is 29.8 Å². The van der Waals surface area contributed by atoms with Gasteiger partial charge in [0.15, 0.2) is 0 Å². The van der Waals surface area contributed by atoms with Crippen LogP contribution in [0.2, 0.25) is 0 Å². The molecule has 27 heavy (non-hydrogen) atoms. The van der Waals surface area contributed by atoms with Crippen molar-refractivity contribution in [3.63, 3.8) is 0 Å². The number of anilines is 1. The first-order valence-corrected chi connectivity index (χ1v) is 11.7. The first-order chi connectivity index (χ1) is 12.9. The molecule has 7 heteroatoms. The van der Waals surface area contributed by atoms with Gasteiger partial charge < -0.3 is 10.1 Å². The highest BCUT2D eigenvalue weighted by Gasteiger charge is 2.32. The van der Waals surface area contributed by atoms with Crippen molar-refractivity contribution in [2.24, 2.45) is 0 Å². The lowest BCUT2D eigenvalue weighted by atomic mass is 9.98. The van der Waals surface area contributed by atoms with Crippen molar-refractivity contribution < 1.29 is 17.9 Å². The predicted octanol–water partition coefficient (Wildman–Crippen LogP) is 2.87. The Hall–Kier alpha value is -1.60. The molecule has 1 aromatic rings. The molecule has 1 saturated carbocycles. The normalized spacial score (nSPS) is 20.5. The highest BCUT2D eigenvalue weighted by Crippen LogP contribution is 2.34. The molecule has 150 valence electrons. The Bertz CT molecular complexity index is 772. The molecule has 1 amide bonds. The fourth-order valence-electron chi connectivity index (χ4n) is 4.11. The molecule has 0 saturated heterocycles. The van der Waals surface area contributed by atoms with Crippen LogP contribution < -0.4 is 9.62 Å². The summed E-state index contributed by atoms with van der Waals surface area (Å²) in [5.41, 5.74) is 2.16. The number of carbonyl (C=O) groups is 1. The van der Waals surface area contributed by atoms with Gasteiger partial charge in [0.25, 0.3) is 5.91 Å². The van der Waals surface area contributed by atoms with E-state index in [-0.39, 0.29) is 11.9 Å². The zero-order chi connectivity index (χ0) is 19.4. The monoisotopic (exact) mass is 394 g/mol. The van der Waals surface area contributed by atoms with Crippen LogP contribution in [0.1, 0.15) is 61.4 Å². The number of amides is 1. The molecule has 0 bridgehead atoms. The third-order valence-electron chi connectivity index (χ3n) is 5.36. The number of hydrogen-bond acceptors (Lipinski definition) is 4. The Morgan fingerprint density at radius 1 is 1.26 bits per heavy atom. The van der Waals surface area contributed by atoms with E-state index in [2.05, 4.69) is 5.32 Å². The van der Waals surface area contributed by atoms with Crippen molar-refractivity contribution in [2.45, 2.75) is 64.0 Å². The Morgan fingerprint density at radius 3 is 2.70 bits per heavy atom. The van der Waals surface area contributed by atoms with Crippen molar-refractivity contribution in [3.8, 4) is 0 Å². The summed E-state index contributed by atoms with van der Waals surface area (Å²) < 4.78 is 31.3. The number of hydrogen-bond donors (Lipinski definition) is 1. The topological polar surface area (TPSA) is 75.7 Å². The largest absolute Gasteiger partial charge is 0.378 e. The SMILES string of the molecule is C[C@H]1Cc2cc(C(=O)NCCCOC3CCCCC3)ccc2N1S(C)(=O)=O. The van der Waals surface area contributed by atoms with E-state index in [1.807, 2.05) is 13.0 Å². The summed E-state index contributed by atoms with van der Waals surface area (Å²) in [5.74, 6) is -0.124. The van der Waals surface area contributed by atoms with Crippen molar-refractivity contribution in [2.75, 3.05) is 23.7 Å². The number of fused-ring (bicyclic) bond motifs is 1. The van der Waals surface area contributed by atoms with Gasteiger partial charge in [-0.15, -0.1) is 0 Å². The van der Waals surface area contributed by atoms with Crippen molar-refractivity contribution in [1.82, 2.24) is 5.32 Å². The standard InChI is InChI=1S/C20H30N2O4S/c1-15-13-17-14-16(9-10-19(17)22(15)27(2,24)25)20(23)21-11-6-12-26-18-7-4-3-5-8-18/h9-10,14-15,18H,3-8,11-13H2,1-2H3,(H,21,23)/t15-/m0/s1. The third-order valence-corrected chi connectivity index (χ3v) is 6.64. The van der Waals surface area contributed by atoms with Crippen LogP contribution in [-0.4, -0.2) is 45.9 Å². The van der Waals surface area contributed by atoms with Crippen LogP contribution >= 0.6 is 0 Å². The highest BCUT2D eigenvalue weighted by atomic mass is 32.2. The molecular formula is C20H30N2O4S. The average molecular weight is 395 g/mol.